The van der Waals surface area contributed by atoms with Crippen LogP contribution >= 0.6 is 0 Å². The van der Waals surface area contributed by atoms with Crippen LogP contribution in [0.15, 0.2) is 83.5 Å². The van der Waals surface area contributed by atoms with Gasteiger partial charge in [0, 0.05) is 5.56 Å². The number of methoxy groups -OCH3 is 1. The van der Waals surface area contributed by atoms with Crippen molar-refractivity contribution in [1.29, 1.82) is 0 Å². The van der Waals surface area contributed by atoms with E-state index in [1.165, 1.54) is 30.3 Å². The van der Waals surface area contributed by atoms with Crippen LogP contribution in [0.4, 0.5) is 4.39 Å². The Morgan fingerprint density at radius 3 is 2.58 bits per heavy atom. The first kappa shape index (κ1) is 20.0. The fraction of sp³-hybridized carbons (Fsp3) is 0.0417. The van der Waals surface area contributed by atoms with Gasteiger partial charge in [-0.05, 0) is 54.1 Å². The van der Waals surface area contributed by atoms with Crippen LogP contribution in [0.5, 0.6) is 11.5 Å². The van der Waals surface area contributed by atoms with Crippen molar-refractivity contribution in [2.75, 3.05) is 7.11 Å². The molecule has 31 heavy (non-hydrogen) atoms. The summed E-state index contributed by atoms with van der Waals surface area (Å²) >= 11 is 0. The van der Waals surface area contributed by atoms with Crippen molar-refractivity contribution in [2.24, 2.45) is 4.99 Å². The van der Waals surface area contributed by atoms with Gasteiger partial charge in [-0.2, -0.15) is 0 Å². The van der Waals surface area contributed by atoms with Gasteiger partial charge in [0.15, 0.2) is 5.70 Å². The number of ether oxygens (including phenoxy) is 3. The highest BCUT2D eigenvalue weighted by Gasteiger charge is 2.24. The molecule has 0 saturated heterocycles. The Labute approximate surface area is 177 Å². The highest BCUT2D eigenvalue weighted by Crippen LogP contribution is 2.23. The van der Waals surface area contributed by atoms with Gasteiger partial charge in [0.25, 0.3) is 0 Å². The highest BCUT2D eigenvalue weighted by molar-refractivity contribution is 6.13. The second kappa shape index (κ2) is 8.62. The maximum absolute atomic E-state index is 13.8. The zero-order valence-corrected chi connectivity index (χ0v) is 16.4. The number of benzene rings is 3. The molecule has 0 spiro atoms. The van der Waals surface area contributed by atoms with Crippen molar-refractivity contribution in [1.82, 2.24) is 0 Å². The van der Waals surface area contributed by atoms with E-state index in [-0.39, 0.29) is 22.9 Å². The fourth-order valence-corrected chi connectivity index (χ4v) is 2.90. The Morgan fingerprint density at radius 1 is 1.00 bits per heavy atom. The Hall–Kier alpha value is -4.26. The largest absolute Gasteiger partial charge is 0.497 e. The van der Waals surface area contributed by atoms with Crippen LogP contribution in [0.25, 0.3) is 6.08 Å². The monoisotopic (exact) mass is 417 g/mol. The molecule has 1 aliphatic heterocycles. The molecule has 0 bridgehead atoms. The molecular formula is C24H16FNO5. The number of nitrogens with zero attached hydrogens (tertiary/aromatic N) is 1. The number of esters is 2. The van der Waals surface area contributed by atoms with Crippen LogP contribution in [0.1, 0.15) is 21.5 Å². The van der Waals surface area contributed by atoms with E-state index in [4.69, 9.17) is 14.2 Å². The van der Waals surface area contributed by atoms with Gasteiger partial charge in [-0.25, -0.2) is 19.0 Å². The van der Waals surface area contributed by atoms with Crippen LogP contribution in [-0.2, 0) is 9.53 Å². The third-order valence-corrected chi connectivity index (χ3v) is 4.40. The van der Waals surface area contributed by atoms with Crippen molar-refractivity contribution in [3.8, 4) is 11.5 Å². The number of cyclic esters (lactones) is 1. The minimum Gasteiger partial charge on any atom is -0.497 e. The molecular weight excluding hydrogens is 401 g/mol. The average Bonchev–Trinajstić information content (AvgIpc) is 3.14. The van der Waals surface area contributed by atoms with Gasteiger partial charge in [0.1, 0.15) is 17.3 Å². The molecule has 0 aromatic heterocycles. The third kappa shape index (κ3) is 4.51. The van der Waals surface area contributed by atoms with Crippen LogP contribution in [-0.4, -0.2) is 24.9 Å². The van der Waals surface area contributed by atoms with Crippen LogP contribution in [0.3, 0.4) is 0 Å². The number of hydrogen-bond acceptors (Lipinski definition) is 6. The molecule has 7 heteroatoms. The zero-order chi connectivity index (χ0) is 21.8. The lowest BCUT2D eigenvalue weighted by atomic mass is 10.2. The Morgan fingerprint density at radius 2 is 1.77 bits per heavy atom. The lowest BCUT2D eigenvalue weighted by Crippen LogP contribution is -2.10. The first-order valence-electron chi connectivity index (χ1n) is 9.27. The van der Waals surface area contributed by atoms with Gasteiger partial charge in [0.05, 0.1) is 12.7 Å². The molecule has 3 aromatic rings. The topological polar surface area (TPSA) is 74.2 Å². The number of carbonyl (C=O) groups is 2. The minimum atomic E-state index is -0.818. The van der Waals surface area contributed by atoms with Crippen molar-refractivity contribution < 1.29 is 28.2 Å². The van der Waals surface area contributed by atoms with Crippen LogP contribution < -0.4 is 9.47 Å². The van der Waals surface area contributed by atoms with E-state index in [0.717, 1.165) is 0 Å². The summed E-state index contributed by atoms with van der Waals surface area (Å²) in [4.78, 5) is 28.7. The van der Waals surface area contributed by atoms with Gasteiger partial charge in [-0.15, -0.1) is 0 Å². The standard InChI is InChI=1S/C24H16FNO5/c1-29-17-8-5-7-16(14-17)22-26-21(24(28)31-22)13-15-6-4-9-18(12-15)30-23(27)19-10-2-3-11-20(19)25/h2-14H,1H3/b21-13+. The van der Waals surface area contributed by atoms with Crippen molar-refractivity contribution >= 4 is 23.9 Å². The number of hydrogen-bond donors (Lipinski definition) is 0. The van der Waals surface area contributed by atoms with Crippen molar-refractivity contribution in [2.45, 2.75) is 0 Å². The Kier molecular flexibility index (Phi) is 5.57. The number of aliphatic imine (C=N–C) groups is 1. The normalized spacial score (nSPS) is 14.2. The number of rotatable bonds is 5. The summed E-state index contributed by atoms with van der Waals surface area (Å²) in [5.74, 6) is -1.12. The molecule has 0 aliphatic carbocycles. The minimum absolute atomic E-state index is 0.0930. The molecule has 0 radical (unpaired) electrons. The second-order valence-corrected chi connectivity index (χ2v) is 6.51. The van der Waals surface area contributed by atoms with E-state index in [1.54, 1.807) is 55.6 Å². The van der Waals surface area contributed by atoms with E-state index < -0.39 is 17.8 Å². The summed E-state index contributed by atoms with van der Waals surface area (Å²) in [6.45, 7) is 0. The lowest BCUT2D eigenvalue weighted by Gasteiger charge is -2.06. The molecule has 0 fully saturated rings. The van der Waals surface area contributed by atoms with Gasteiger partial charge in [-0.1, -0.05) is 30.3 Å². The van der Waals surface area contributed by atoms with Crippen molar-refractivity contribution in [3.63, 3.8) is 0 Å². The summed E-state index contributed by atoms with van der Waals surface area (Å²) in [7, 11) is 1.54. The quantitative estimate of drug-likeness (QED) is 0.350. The van der Waals surface area contributed by atoms with Gasteiger partial charge in [0.2, 0.25) is 5.90 Å². The zero-order valence-electron chi connectivity index (χ0n) is 16.4. The molecule has 0 saturated carbocycles. The highest BCUT2D eigenvalue weighted by atomic mass is 19.1. The summed E-state index contributed by atoms with van der Waals surface area (Å²) in [6.07, 6.45) is 1.51. The SMILES string of the molecule is COc1cccc(C2=N/C(=C/c3cccc(OC(=O)c4ccccc4F)c3)C(=O)O2)c1. The number of halogens is 1. The summed E-state index contributed by atoms with van der Waals surface area (Å²) < 4.78 is 29.5. The smallest absolute Gasteiger partial charge is 0.363 e. The Bertz CT molecular complexity index is 1230. The van der Waals surface area contributed by atoms with E-state index in [0.29, 0.717) is 16.9 Å². The van der Waals surface area contributed by atoms with E-state index in [9.17, 15) is 14.0 Å². The van der Waals surface area contributed by atoms with Crippen LogP contribution in [0.2, 0.25) is 0 Å². The molecule has 0 amide bonds. The van der Waals surface area contributed by atoms with Crippen LogP contribution in [0, 0.1) is 5.82 Å². The average molecular weight is 417 g/mol. The summed E-state index contributed by atoms with van der Waals surface area (Å²) in [6, 6.07) is 19.0. The lowest BCUT2D eigenvalue weighted by molar-refractivity contribution is -0.129. The fourth-order valence-electron chi connectivity index (χ4n) is 2.90. The molecule has 1 heterocycles. The molecule has 0 N–H and O–H groups in total. The second-order valence-electron chi connectivity index (χ2n) is 6.51. The molecule has 3 aromatic carbocycles. The summed E-state index contributed by atoms with van der Waals surface area (Å²) in [5.41, 5.74) is 1.08. The molecule has 0 unspecified atom stereocenters. The Balaban J connectivity index is 1.56. The molecule has 6 nitrogen and oxygen atoms in total. The molecule has 4 rings (SSSR count). The first-order valence-corrected chi connectivity index (χ1v) is 9.27. The number of carbonyl (C=O) groups excluding carboxylic acids is 2. The molecule has 0 atom stereocenters. The van der Waals surface area contributed by atoms with Gasteiger partial charge >= 0.3 is 11.9 Å². The predicted molar refractivity (Wildman–Crippen MR) is 111 cm³/mol. The maximum atomic E-state index is 13.8. The van der Waals surface area contributed by atoms with E-state index >= 15 is 0 Å². The van der Waals surface area contributed by atoms with Gasteiger partial charge in [-0.3, -0.25) is 0 Å². The summed E-state index contributed by atoms with van der Waals surface area (Å²) in [5, 5.41) is 0. The van der Waals surface area contributed by atoms with E-state index in [1.807, 2.05) is 0 Å². The van der Waals surface area contributed by atoms with Crippen molar-refractivity contribution in [3.05, 3.63) is 101 Å². The predicted octanol–water partition coefficient (Wildman–Crippen LogP) is 4.40. The maximum Gasteiger partial charge on any atom is 0.363 e. The molecule has 154 valence electrons. The molecule has 1 aliphatic rings. The van der Waals surface area contributed by atoms with E-state index in [2.05, 4.69) is 4.99 Å². The first-order chi connectivity index (χ1) is 15.0. The van der Waals surface area contributed by atoms with Gasteiger partial charge < -0.3 is 14.2 Å². The third-order valence-electron chi connectivity index (χ3n) is 4.40.